The molecule has 0 bridgehead atoms. The lowest BCUT2D eigenvalue weighted by Gasteiger charge is -2.17. The van der Waals surface area contributed by atoms with Crippen LogP contribution in [0.2, 0.25) is 0 Å². The maximum Gasteiger partial charge on any atom is 0.127 e. The van der Waals surface area contributed by atoms with Gasteiger partial charge in [0.2, 0.25) is 0 Å². The smallest absolute Gasteiger partial charge is 0.127 e. The van der Waals surface area contributed by atoms with Gasteiger partial charge in [-0.05, 0) is 29.3 Å². The first kappa shape index (κ1) is 12.6. The number of hydrogen-bond donors (Lipinski definition) is 1. The summed E-state index contributed by atoms with van der Waals surface area (Å²) in [6.45, 7) is 0.355. The first-order valence-electron chi connectivity index (χ1n) is 5.84. The van der Waals surface area contributed by atoms with E-state index < -0.39 is 0 Å². The van der Waals surface area contributed by atoms with Crippen LogP contribution in [0.1, 0.15) is 17.0 Å². The predicted molar refractivity (Wildman–Crippen MR) is 70.3 cm³/mol. The summed E-state index contributed by atoms with van der Waals surface area (Å²) >= 11 is 0. The SMILES string of the molecule is COc1cccc(C(CN)c2ccccc2F)c1. The fraction of sp³-hybridized carbons (Fsp3) is 0.200. The largest absolute Gasteiger partial charge is 0.497 e. The zero-order chi connectivity index (χ0) is 13.0. The van der Waals surface area contributed by atoms with Gasteiger partial charge < -0.3 is 10.5 Å². The average Bonchev–Trinajstić information content (AvgIpc) is 2.42. The molecule has 2 aromatic carbocycles. The van der Waals surface area contributed by atoms with Gasteiger partial charge in [0.1, 0.15) is 11.6 Å². The average molecular weight is 245 g/mol. The summed E-state index contributed by atoms with van der Waals surface area (Å²) in [5.74, 6) is 0.374. The second kappa shape index (κ2) is 5.65. The maximum absolute atomic E-state index is 13.8. The van der Waals surface area contributed by atoms with Gasteiger partial charge in [0.05, 0.1) is 7.11 Å². The van der Waals surface area contributed by atoms with Gasteiger partial charge in [-0.1, -0.05) is 30.3 Å². The van der Waals surface area contributed by atoms with E-state index in [-0.39, 0.29) is 11.7 Å². The van der Waals surface area contributed by atoms with E-state index in [2.05, 4.69) is 0 Å². The lowest BCUT2D eigenvalue weighted by Crippen LogP contribution is -2.15. The molecule has 2 rings (SSSR count). The summed E-state index contributed by atoms with van der Waals surface area (Å²) < 4.78 is 19.0. The summed E-state index contributed by atoms with van der Waals surface area (Å²) in [7, 11) is 1.61. The van der Waals surface area contributed by atoms with E-state index in [4.69, 9.17) is 10.5 Å². The van der Waals surface area contributed by atoms with Crippen LogP contribution in [-0.2, 0) is 0 Å². The van der Waals surface area contributed by atoms with Crippen molar-refractivity contribution in [3.8, 4) is 5.75 Å². The van der Waals surface area contributed by atoms with E-state index in [1.165, 1.54) is 6.07 Å². The number of halogens is 1. The standard InChI is InChI=1S/C15H16FNO/c1-18-12-6-4-5-11(9-12)14(10-17)13-7-2-3-8-15(13)16/h2-9,14H,10,17H2,1H3. The van der Waals surface area contributed by atoms with Crippen molar-refractivity contribution >= 4 is 0 Å². The highest BCUT2D eigenvalue weighted by atomic mass is 19.1. The number of hydrogen-bond acceptors (Lipinski definition) is 2. The molecule has 18 heavy (non-hydrogen) atoms. The van der Waals surface area contributed by atoms with Gasteiger partial charge in [-0.25, -0.2) is 4.39 Å². The quantitative estimate of drug-likeness (QED) is 0.898. The Labute approximate surface area is 106 Å². The van der Waals surface area contributed by atoms with Crippen molar-refractivity contribution in [2.24, 2.45) is 5.73 Å². The molecule has 3 heteroatoms. The molecular weight excluding hydrogens is 229 g/mol. The van der Waals surface area contributed by atoms with Crippen molar-refractivity contribution in [2.75, 3.05) is 13.7 Å². The first-order valence-corrected chi connectivity index (χ1v) is 5.84. The van der Waals surface area contributed by atoms with E-state index >= 15 is 0 Å². The Hall–Kier alpha value is -1.87. The van der Waals surface area contributed by atoms with Gasteiger partial charge in [0.25, 0.3) is 0 Å². The third-order valence-electron chi connectivity index (χ3n) is 3.01. The van der Waals surface area contributed by atoms with Crippen molar-refractivity contribution in [1.29, 1.82) is 0 Å². The van der Waals surface area contributed by atoms with Crippen LogP contribution in [0.4, 0.5) is 4.39 Å². The highest BCUT2D eigenvalue weighted by Gasteiger charge is 2.16. The molecule has 0 fully saturated rings. The summed E-state index contributed by atoms with van der Waals surface area (Å²) in [6.07, 6.45) is 0. The molecule has 0 radical (unpaired) electrons. The number of ether oxygens (including phenoxy) is 1. The monoisotopic (exact) mass is 245 g/mol. The lowest BCUT2D eigenvalue weighted by atomic mass is 9.91. The van der Waals surface area contributed by atoms with Gasteiger partial charge in [-0.3, -0.25) is 0 Å². The van der Waals surface area contributed by atoms with Crippen LogP contribution in [0.3, 0.4) is 0 Å². The maximum atomic E-state index is 13.8. The van der Waals surface area contributed by atoms with Crippen molar-refractivity contribution in [1.82, 2.24) is 0 Å². The topological polar surface area (TPSA) is 35.2 Å². The Kier molecular flexibility index (Phi) is 3.95. The molecule has 0 aliphatic carbocycles. The van der Waals surface area contributed by atoms with E-state index in [0.717, 1.165) is 11.3 Å². The van der Waals surface area contributed by atoms with Crippen LogP contribution in [0, 0.1) is 5.82 Å². The summed E-state index contributed by atoms with van der Waals surface area (Å²) in [5.41, 5.74) is 7.37. The molecule has 0 saturated heterocycles. The zero-order valence-corrected chi connectivity index (χ0v) is 10.3. The number of benzene rings is 2. The Bertz CT molecular complexity index is 527. The molecule has 2 aromatic rings. The molecular formula is C15H16FNO. The molecule has 1 unspecified atom stereocenters. The Morgan fingerprint density at radius 2 is 1.94 bits per heavy atom. The summed E-state index contributed by atoms with van der Waals surface area (Å²) in [6, 6.07) is 14.3. The van der Waals surface area contributed by atoms with E-state index in [1.54, 1.807) is 19.2 Å². The Morgan fingerprint density at radius 3 is 2.61 bits per heavy atom. The van der Waals surface area contributed by atoms with Crippen LogP contribution in [-0.4, -0.2) is 13.7 Å². The van der Waals surface area contributed by atoms with Gasteiger partial charge in [0, 0.05) is 12.5 Å². The lowest BCUT2D eigenvalue weighted by molar-refractivity contribution is 0.414. The minimum atomic E-state index is -0.226. The summed E-state index contributed by atoms with van der Waals surface area (Å²) in [4.78, 5) is 0. The van der Waals surface area contributed by atoms with Crippen molar-refractivity contribution in [3.63, 3.8) is 0 Å². The van der Waals surface area contributed by atoms with Crippen molar-refractivity contribution in [3.05, 3.63) is 65.5 Å². The van der Waals surface area contributed by atoms with Gasteiger partial charge in [0.15, 0.2) is 0 Å². The summed E-state index contributed by atoms with van der Waals surface area (Å²) in [5, 5.41) is 0. The minimum absolute atomic E-state index is 0.152. The highest BCUT2D eigenvalue weighted by molar-refractivity contribution is 5.38. The number of nitrogens with two attached hydrogens (primary N) is 1. The molecule has 2 nitrogen and oxygen atoms in total. The van der Waals surface area contributed by atoms with Crippen LogP contribution in [0.5, 0.6) is 5.75 Å². The fourth-order valence-corrected chi connectivity index (χ4v) is 2.06. The van der Waals surface area contributed by atoms with E-state index in [0.29, 0.717) is 12.1 Å². The second-order valence-corrected chi connectivity index (χ2v) is 4.09. The molecule has 0 saturated carbocycles. The van der Waals surface area contributed by atoms with Crippen molar-refractivity contribution < 1.29 is 9.13 Å². The number of rotatable bonds is 4. The Balaban J connectivity index is 2.42. The molecule has 2 N–H and O–H groups in total. The normalized spacial score (nSPS) is 12.2. The molecule has 0 aliphatic heterocycles. The van der Waals surface area contributed by atoms with Crippen LogP contribution in [0.15, 0.2) is 48.5 Å². The van der Waals surface area contributed by atoms with Crippen LogP contribution < -0.4 is 10.5 Å². The van der Waals surface area contributed by atoms with Crippen LogP contribution >= 0.6 is 0 Å². The van der Waals surface area contributed by atoms with Gasteiger partial charge >= 0.3 is 0 Å². The first-order chi connectivity index (χ1) is 8.76. The third kappa shape index (κ3) is 2.51. The molecule has 1 atom stereocenters. The molecule has 0 spiro atoms. The minimum Gasteiger partial charge on any atom is -0.497 e. The van der Waals surface area contributed by atoms with Gasteiger partial charge in [-0.15, -0.1) is 0 Å². The molecule has 0 amide bonds. The number of methoxy groups -OCH3 is 1. The zero-order valence-electron chi connectivity index (χ0n) is 10.3. The van der Waals surface area contributed by atoms with Crippen LogP contribution in [0.25, 0.3) is 0 Å². The van der Waals surface area contributed by atoms with Gasteiger partial charge in [-0.2, -0.15) is 0 Å². The molecule has 0 heterocycles. The van der Waals surface area contributed by atoms with E-state index in [9.17, 15) is 4.39 Å². The van der Waals surface area contributed by atoms with E-state index in [1.807, 2.05) is 30.3 Å². The highest BCUT2D eigenvalue weighted by Crippen LogP contribution is 2.28. The Morgan fingerprint density at radius 1 is 1.17 bits per heavy atom. The molecule has 0 aliphatic rings. The second-order valence-electron chi connectivity index (χ2n) is 4.09. The molecule has 94 valence electrons. The predicted octanol–water partition coefficient (Wildman–Crippen LogP) is 2.92. The fourth-order valence-electron chi connectivity index (χ4n) is 2.06. The molecule has 0 aromatic heterocycles. The third-order valence-corrected chi connectivity index (χ3v) is 3.01. The van der Waals surface area contributed by atoms with Crippen molar-refractivity contribution in [2.45, 2.75) is 5.92 Å².